The summed E-state index contributed by atoms with van der Waals surface area (Å²) < 4.78 is 5.01. The highest BCUT2D eigenvalue weighted by Gasteiger charge is 2.12. The molecule has 0 aliphatic rings. The van der Waals surface area contributed by atoms with Crippen molar-refractivity contribution in [1.82, 2.24) is 20.1 Å². The van der Waals surface area contributed by atoms with Crippen LogP contribution < -0.4 is 5.32 Å². The van der Waals surface area contributed by atoms with Crippen LogP contribution in [0.25, 0.3) is 11.4 Å². The Hall–Kier alpha value is -2.18. The van der Waals surface area contributed by atoms with E-state index in [9.17, 15) is 0 Å². The van der Waals surface area contributed by atoms with Gasteiger partial charge < -0.3 is 9.84 Å². The summed E-state index contributed by atoms with van der Waals surface area (Å²) in [4.78, 5) is 12.1. The third-order valence-electron chi connectivity index (χ3n) is 2.66. The molecule has 1 aromatic carbocycles. The first-order valence-corrected chi connectivity index (χ1v) is 6.74. The fourth-order valence-electron chi connectivity index (χ4n) is 1.76. The van der Waals surface area contributed by atoms with E-state index in [1.165, 1.54) is 6.20 Å². The number of aromatic nitrogens is 4. The fourth-order valence-corrected chi connectivity index (χ4v) is 2.03. The van der Waals surface area contributed by atoms with Gasteiger partial charge >= 0.3 is 0 Å². The molecule has 0 aliphatic carbocycles. The van der Waals surface area contributed by atoms with E-state index in [0.29, 0.717) is 22.6 Å². The maximum absolute atomic E-state index is 6.05. The predicted molar refractivity (Wildman–Crippen MR) is 79.8 cm³/mol. The first kappa shape index (κ1) is 13.8. The van der Waals surface area contributed by atoms with Crippen molar-refractivity contribution in [3.8, 4) is 11.4 Å². The molecule has 3 rings (SSSR count). The maximum Gasteiger partial charge on any atom is 0.224 e. The molecular weight excluding hydrogens is 313 g/mol. The number of para-hydroxylation sites is 1. The van der Waals surface area contributed by atoms with Crippen LogP contribution in [0.15, 0.2) is 35.0 Å². The normalized spacial score (nSPS) is 10.6. The van der Waals surface area contributed by atoms with Gasteiger partial charge in [0, 0.05) is 12.5 Å². The molecule has 2 heterocycles. The number of hydrogen-bond donors (Lipinski definition) is 1. The van der Waals surface area contributed by atoms with E-state index in [0.717, 1.165) is 11.3 Å². The summed E-state index contributed by atoms with van der Waals surface area (Å²) >= 11 is 11.8. The molecule has 0 atom stereocenters. The minimum absolute atomic E-state index is 0.106. The number of hydrogen-bond acceptors (Lipinski definition) is 6. The number of aryl methyl sites for hydroxylation is 1. The van der Waals surface area contributed by atoms with Crippen molar-refractivity contribution in [3.05, 3.63) is 46.7 Å². The van der Waals surface area contributed by atoms with Gasteiger partial charge in [0.05, 0.1) is 11.9 Å². The summed E-state index contributed by atoms with van der Waals surface area (Å²) in [5.41, 5.74) is 1.50. The highest BCUT2D eigenvalue weighted by molar-refractivity contribution is 6.33. The minimum atomic E-state index is 0.106. The van der Waals surface area contributed by atoms with Gasteiger partial charge in [-0.3, -0.25) is 0 Å². The number of benzene rings is 1. The molecule has 0 radical (unpaired) electrons. The lowest BCUT2D eigenvalue weighted by Crippen LogP contribution is -1.98. The SMILES string of the molecule is Cc1nc(-c2ccccc2Nc2nc(Cl)ncc2Cl)no1. The van der Waals surface area contributed by atoms with E-state index in [-0.39, 0.29) is 5.28 Å². The second-order valence-electron chi connectivity index (χ2n) is 4.14. The number of rotatable bonds is 3. The zero-order chi connectivity index (χ0) is 14.8. The number of anilines is 2. The lowest BCUT2D eigenvalue weighted by atomic mass is 10.1. The summed E-state index contributed by atoms with van der Waals surface area (Å²) in [5.74, 6) is 1.37. The Bertz CT molecular complexity index is 790. The predicted octanol–water partition coefficient (Wildman–Crippen LogP) is 3.89. The molecule has 0 aliphatic heterocycles. The smallest absolute Gasteiger partial charge is 0.224 e. The fraction of sp³-hybridized carbons (Fsp3) is 0.0769. The lowest BCUT2D eigenvalue weighted by Gasteiger charge is -2.10. The minimum Gasteiger partial charge on any atom is -0.339 e. The molecule has 0 unspecified atom stereocenters. The van der Waals surface area contributed by atoms with Gasteiger partial charge in [-0.25, -0.2) is 4.98 Å². The summed E-state index contributed by atoms with van der Waals surface area (Å²) in [6.45, 7) is 1.73. The van der Waals surface area contributed by atoms with Crippen LogP contribution in [-0.2, 0) is 0 Å². The molecule has 0 saturated carbocycles. The van der Waals surface area contributed by atoms with Crippen LogP contribution in [0.2, 0.25) is 10.3 Å². The van der Waals surface area contributed by atoms with Gasteiger partial charge in [-0.15, -0.1) is 0 Å². The molecule has 1 N–H and O–H groups in total. The monoisotopic (exact) mass is 321 g/mol. The average molecular weight is 322 g/mol. The molecule has 0 bridgehead atoms. The number of nitrogens with one attached hydrogen (secondary N) is 1. The largest absolute Gasteiger partial charge is 0.339 e. The Morgan fingerprint density at radius 2 is 1.95 bits per heavy atom. The standard InChI is InChI=1S/C13H9Cl2N5O/c1-7-17-11(20-21-7)8-4-2-3-5-10(8)18-12-9(14)6-16-13(15)19-12/h2-6H,1H3,(H,16,18,19). The van der Waals surface area contributed by atoms with Gasteiger partial charge in [0.2, 0.25) is 17.0 Å². The second-order valence-corrected chi connectivity index (χ2v) is 4.89. The molecule has 2 aromatic heterocycles. The highest BCUT2D eigenvalue weighted by Crippen LogP contribution is 2.30. The van der Waals surface area contributed by atoms with Crippen LogP contribution in [0.3, 0.4) is 0 Å². The molecule has 8 heteroatoms. The van der Waals surface area contributed by atoms with Crippen LogP contribution in [-0.4, -0.2) is 20.1 Å². The average Bonchev–Trinajstić information content (AvgIpc) is 2.90. The zero-order valence-electron chi connectivity index (χ0n) is 10.8. The molecule has 0 spiro atoms. The van der Waals surface area contributed by atoms with Crippen molar-refractivity contribution in [1.29, 1.82) is 0 Å². The van der Waals surface area contributed by atoms with E-state index in [1.54, 1.807) is 6.92 Å². The van der Waals surface area contributed by atoms with Crippen molar-refractivity contribution in [3.63, 3.8) is 0 Å². The van der Waals surface area contributed by atoms with E-state index < -0.39 is 0 Å². The molecule has 0 amide bonds. The van der Waals surface area contributed by atoms with Crippen molar-refractivity contribution in [2.24, 2.45) is 0 Å². The Morgan fingerprint density at radius 1 is 1.14 bits per heavy atom. The Kier molecular flexibility index (Phi) is 3.72. The quantitative estimate of drug-likeness (QED) is 0.737. The molecule has 6 nitrogen and oxygen atoms in total. The Labute approximate surface area is 130 Å². The zero-order valence-corrected chi connectivity index (χ0v) is 12.4. The first-order valence-electron chi connectivity index (χ1n) is 5.98. The molecule has 106 valence electrons. The first-order chi connectivity index (χ1) is 10.1. The van der Waals surface area contributed by atoms with Gasteiger partial charge in [-0.2, -0.15) is 9.97 Å². The third-order valence-corrected chi connectivity index (χ3v) is 3.12. The van der Waals surface area contributed by atoms with E-state index in [4.69, 9.17) is 27.7 Å². The molecular formula is C13H9Cl2N5O. The van der Waals surface area contributed by atoms with Crippen molar-refractivity contribution >= 4 is 34.7 Å². The summed E-state index contributed by atoms with van der Waals surface area (Å²) in [7, 11) is 0. The van der Waals surface area contributed by atoms with E-state index >= 15 is 0 Å². The molecule has 3 aromatic rings. The maximum atomic E-state index is 6.05. The third kappa shape index (κ3) is 2.96. The van der Waals surface area contributed by atoms with E-state index in [2.05, 4.69) is 25.4 Å². The molecule has 21 heavy (non-hydrogen) atoms. The van der Waals surface area contributed by atoms with Gasteiger partial charge in [-0.1, -0.05) is 28.9 Å². The topological polar surface area (TPSA) is 76.7 Å². The summed E-state index contributed by atoms with van der Waals surface area (Å²) in [6, 6.07) is 7.47. The van der Waals surface area contributed by atoms with Crippen LogP contribution in [0.5, 0.6) is 0 Å². The summed E-state index contributed by atoms with van der Waals surface area (Å²) in [6.07, 6.45) is 1.43. The van der Waals surface area contributed by atoms with Gasteiger partial charge in [0.25, 0.3) is 0 Å². The summed E-state index contributed by atoms with van der Waals surface area (Å²) in [5, 5.41) is 7.48. The number of halogens is 2. The van der Waals surface area contributed by atoms with Crippen LogP contribution >= 0.6 is 23.2 Å². The lowest BCUT2D eigenvalue weighted by molar-refractivity contribution is 0.394. The van der Waals surface area contributed by atoms with Gasteiger partial charge in [0.1, 0.15) is 5.02 Å². The van der Waals surface area contributed by atoms with Crippen molar-refractivity contribution < 1.29 is 4.52 Å². The number of nitrogens with zero attached hydrogens (tertiary/aromatic N) is 4. The van der Waals surface area contributed by atoms with Crippen LogP contribution in [0.1, 0.15) is 5.89 Å². The van der Waals surface area contributed by atoms with Gasteiger partial charge in [-0.05, 0) is 23.7 Å². The van der Waals surface area contributed by atoms with Gasteiger partial charge in [0.15, 0.2) is 5.82 Å². The molecule has 0 fully saturated rings. The van der Waals surface area contributed by atoms with Crippen LogP contribution in [0.4, 0.5) is 11.5 Å². The highest BCUT2D eigenvalue weighted by atomic mass is 35.5. The van der Waals surface area contributed by atoms with Crippen molar-refractivity contribution in [2.45, 2.75) is 6.92 Å². The Morgan fingerprint density at radius 3 is 2.71 bits per heavy atom. The second kappa shape index (κ2) is 5.67. The Balaban J connectivity index is 2.01. The van der Waals surface area contributed by atoms with E-state index in [1.807, 2.05) is 24.3 Å². The molecule has 0 saturated heterocycles. The van der Waals surface area contributed by atoms with Crippen molar-refractivity contribution in [2.75, 3.05) is 5.32 Å². The van der Waals surface area contributed by atoms with Crippen LogP contribution in [0, 0.1) is 6.92 Å².